The molecule has 66 valence electrons. The molecule has 0 aromatic carbocycles. The summed E-state index contributed by atoms with van der Waals surface area (Å²) in [5.74, 6) is 0. The topological polar surface area (TPSA) is 30.2 Å². The van der Waals surface area contributed by atoms with Crippen LogP contribution in [0.1, 0.15) is 31.7 Å². The molecule has 1 heterocycles. The third-order valence-corrected chi connectivity index (χ3v) is 1.83. The maximum absolute atomic E-state index is 10.6. The second-order valence-corrected chi connectivity index (χ2v) is 2.92. The highest BCUT2D eigenvalue weighted by atomic mass is 16.4. The molecule has 12 heavy (non-hydrogen) atoms. The Hall–Kier alpha value is -1.05. The molecule has 0 aliphatic rings. The van der Waals surface area contributed by atoms with Gasteiger partial charge in [-0.1, -0.05) is 19.8 Å². The van der Waals surface area contributed by atoms with Crippen molar-refractivity contribution in [2.75, 3.05) is 0 Å². The first kappa shape index (κ1) is 9.04. The van der Waals surface area contributed by atoms with E-state index >= 15 is 0 Å². The summed E-state index contributed by atoms with van der Waals surface area (Å²) in [5, 5.41) is 0. The van der Waals surface area contributed by atoms with Crippen LogP contribution in [-0.2, 0) is 6.42 Å². The predicted molar refractivity (Wildman–Crippen MR) is 48.2 cm³/mol. The lowest BCUT2D eigenvalue weighted by atomic mass is 10.1. The minimum absolute atomic E-state index is 0.269. The summed E-state index contributed by atoms with van der Waals surface area (Å²) >= 11 is 0. The van der Waals surface area contributed by atoms with Crippen LogP contribution in [0.2, 0.25) is 0 Å². The van der Waals surface area contributed by atoms with Crippen molar-refractivity contribution in [2.45, 2.75) is 32.6 Å². The second kappa shape index (κ2) is 4.75. The van der Waals surface area contributed by atoms with Gasteiger partial charge in [0, 0.05) is 6.07 Å². The fraction of sp³-hybridized carbons (Fsp3) is 0.500. The van der Waals surface area contributed by atoms with E-state index in [9.17, 15) is 4.79 Å². The molecular formula is C10H14O2. The third kappa shape index (κ3) is 2.91. The minimum Gasteiger partial charge on any atom is -0.431 e. The van der Waals surface area contributed by atoms with Crippen LogP contribution >= 0.6 is 0 Å². The van der Waals surface area contributed by atoms with E-state index in [4.69, 9.17) is 4.42 Å². The van der Waals surface area contributed by atoms with Gasteiger partial charge in [0.2, 0.25) is 0 Å². The molecule has 0 N–H and O–H groups in total. The first-order valence-corrected chi connectivity index (χ1v) is 4.40. The van der Waals surface area contributed by atoms with E-state index in [0.29, 0.717) is 0 Å². The lowest BCUT2D eigenvalue weighted by molar-refractivity contribution is 0.501. The maximum atomic E-state index is 10.6. The normalized spacial score (nSPS) is 10.1. The van der Waals surface area contributed by atoms with Crippen molar-refractivity contribution in [3.8, 4) is 0 Å². The molecule has 0 aliphatic carbocycles. The SMILES string of the molecule is CCCCCc1ccc(=O)oc1. The molecule has 2 nitrogen and oxygen atoms in total. The zero-order valence-electron chi connectivity index (χ0n) is 7.38. The first-order valence-electron chi connectivity index (χ1n) is 4.40. The molecule has 2 heteroatoms. The highest BCUT2D eigenvalue weighted by molar-refractivity contribution is 5.06. The number of hydrogen-bond donors (Lipinski definition) is 0. The van der Waals surface area contributed by atoms with Crippen LogP contribution < -0.4 is 5.63 Å². The van der Waals surface area contributed by atoms with Gasteiger partial charge in [0.25, 0.3) is 0 Å². The number of aryl methyl sites for hydroxylation is 1. The quantitative estimate of drug-likeness (QED) is 0.643. The van der Waals surface area contributed by atoms with E-state index in [-0.39, 0.29) is 5.63 Å². The van der Waals surface area contributed by atoms with Crippen molar-refractivity contribution < 1.29 is 4.42 Å². The first-order chi connectivity index (χ1) is 5.83. The van der Waals surface area contributed by atoms with Gasteiger partial charge in [0.05, 0.1) is 6.26 Å². The second-order valence-electron chi connectivity index (χ2n) is 2.92. The van der Waals surface area contributed by atoms with Crippen LogP contribution in [0.25, 0.3) is 0 Å². The molecule has 0 unspecified atom stereocenters. The smallest absolute Gasteiger partial charge is 0.335 e. The molecule has 1 aromatic heterocycles. The van der Waals surface area contributed by atoms with Gasteiger partial charge in [-0.15, -0.1) is 0 Å². The Kier molecular flexibility index (Phi) is 3.58. The van der Waals surface area contributed by atoms with E-state index in [1.807, 2.05) is 6.07 Å². The van der Waals surface area contributed by atoms with Gasteiger partial charge >= 0.3 is 5.63 Å². The van der Waals surface area contributed by atoms with Gasteiger partial charge in [-0.05, 0) is 24.5 Å². The number of unbranched alkanes of at least 4 members (excludes halogenated alkanes) is 2. The zero-order valence-corrected chi connectivity index (χ0v) is 7.38. The molecule has 0 atom stereocenters. The van der Waals surface area contributed by atoms with Gasteiger partial charge < -0.3 is 4.42 Å². The highest BCUT2D eigenvalue weighted by Crippen LogP contribution is 2.03. The van der Waals surface area contributed by atoms with Crippen LogP contribution in [0.3, 0.4) is 0 Å². The molecule has 0 spiro atoms. The Balaban J connectivity index is 2.42. The van der Waals surface area contributed by atoms with Crippen molar-refractivity contribution in [1.82, 2.24) is 0 Å². The molecule has 0 saturated heterocycles. The Morgan fingerprint density at radius 3 is 2.75 bits per heavy atom. The third-order valence-electron chi connectivity index (χ3n) is 1.83. The standard InChI is InChI=1S/C10H14O2/c1-2-3-4-5-9-6-7-10(11)12-8-9/h6-8H,2-5H2,1H3. The van der Waals surface area contributed by atoms with E-state index in [1.165, 1.54) is 25.3 Å². The summed E-state index contributed by atoms with van der Waals surface area (Å²) in [6, 6.07) is 3.31. The summed E-state index contributed by atoms with van der Waals surface area (Å²) in [6.45, 7) is 2.17. The van der Waals surface area contributed by atoms with Crippen molar-refractivity contribution >= 4 is 0 Å². The van der Waals surface area contributed by atoms with Crippen LogP contribution in [-0.4, -0.2) is 0 Å². The molecular weight excluding hydrogens is 152 g/mol. The Bertz CT molecular complexity index is 255. The van der Waals surface area contributed by atoms with Gasteiger partial charge in [-0.2, -0.15) is 0 Å². The largest absolute Gasteiger partial charge is 0.431 e. The molecule has 1 aromatic rings. The Morgan fingerprint density at radius 2 is 2.17 bits per heavy atom. The van der Waals surface area contributed by atoms with Gasteiger partial charge in [-0.3, -0.25) is 0 Å². The average Bonchev–Trinajstić information content (AvgIpc) is 2.09. The van der Waals surface area contributed by atoms with Gasteiger partial charge in [-0.25, -0.2) is 4.79 Å². The molecule has 0 amide bonds. The molecule has 0 bridgehead atoms. The van der Waals surface area contributed by atoms with Crippen LogP contribution in [0.4, 0.5) is 0 Å². The lowest BCUT2D eigenvalue weighted by Gasteiger charge is -1.97. The average molecular weight is 166 g/mol. The molecule has 0 saturated carbocycles. The fourth-order valence-corrected chi connectivity index (χ4v) is 1.11. The fourth-order valence-electron chi connectivity index (χ4n) is 1.11. The molecule has 1 rings (SSSR count). The van der Waals surface area contributed by atoms with E-state index in [2.05, 4.69) is 6.92 Å². The van der Waals surface area contributed by atoms with E-state index < -0.39 is 0 Å². The number of hydrogen-bond acceptors (Lipinski definition) is 2. The van der Waals surface area contributed by atoms with Crippen LogP contribution in [0, 0.1) is 0 Å². The van der Waals surface area contributed by atoms with Gasteiger partial charge in [0.15, 0.2) is 0 Å². The van der Waals surface area contributed by atoms with Crippen LogP contribution in [0.15, 0.2) is 27.6 Å². The maximum Gasteiger partial charge on any atom is 0.335 e. The number of rotatable bonds is 4. The minimum atomic E-state index is -0.269. The predicted octanol–water partition coefficient (Wildman–Crippen LogP) is 2.37. The summed E-state index contributed by atoms with van der Waals surface area (Å²) in [4.78, 5) is 10.6. The van der Waals surface area contributed by atoms with Crippen molar-refractivity contribution in [3.63, 3.8) is 0 Å². The van der Waals surface area contributed by atoms with Crippen molar-refractivity contribution in [1.29, 1.82) is 0 Å². The Labute approximate surface area is 72.2 Å². The van der Waals surface area contributed by atoms with Crippen molar-refractivity contribution in [2.24, 2.45) is 0 Å². The van der Waals surface area contributed by atoms with E-state index in [1.54, 1.807) is 6.26 Å². The van der Waals surface area contributed by atoms with Gasteiger partial charge in [0.1, 0.15) is 0 Å². The zero-order chi connectivity index (χ0) is 8.81. The molecule has 0 aliphatic heterocycles. The molecule has 0 radical (unpaired) electrons. The Morgan fingerprint density at radius 1 is 1.33 bits per heavy atom. The molecule has 0 fully saturated rings. The van der Waals surface area contributed by atoms with Crippen molar-refractivity contribution in [3.05, 3.63) is 34.4 Å². The summed E-state index contributed by atoms with van der Waals surface area (Å²) in [5.41, 5.74) is 0.845. The lowest BCUT2D eigenvalue weighted by Crippen LogP contribution is -1.95. The van der Waals surface area contributed by atoms with E-state index in [0.717, 1.165) is 12.0 Å². The monoisotopic (exact) mass is 166 g/mol. The summed E-state index contributed by atoms with van der Waals surface area (Å²) < 4.78 is 4.73. The summed E-state index contributed by atoms with van der Waals surface area (Å²) in [7, 11) is 0. The summed E-state index contributed by atoms with van der Waals surface area (Å²) in [6.07, 6.45) is 6.19. The van der Waals surface area contributed by atoms with Crippen LogP contribution in [0.5, 0.6) is 0 Å². The highest BCUT2D eigenvalue weighted by Gasteiger charge is 1.93.